The summed E-state index contributed by atoms with van der Waals surface area (Å²) in [6, 6.07) is 10.4. The maximum absolute atomic E-state index is 12.4. The lowest BCUT2D eigenvalue weighted by molar-refractivity contribution is -0.118. The van der Waals surface area contributed by atoms with Crippen molar-refractivity contribution in [1.29, 1.82) is 0 Å². The summed E-state index contributed by atoms with van der Waals surface area (Å²) in [6.45, 7) is 0. The van der Waals surface area contributed by atoms with Crippen molar-refractivity contribution in [3.8, 4) is 0 Å². The molecule has 2 N–H and O–H groups in total. The average Bonchev–Trinajstić information content (AvgIpc) is 2.72. The van der Waals surface area contributed by atoms with Crippen LogP contribution in [0.3, 0.4) is 0 Å². The summed E-state index contributed by atoms with van der Waals surface area (Å²) >= 11 is 0. The Morgan fingerprint density at radius 3 is 2.74 bits per heavy atom. The molecule has 1 amide bonds. The molecule has 1 unspecified atom stereocenters. The Balaban J connectivity index is 2.07. The lowest BCUT2D eigenvalue weighted by atomic mass is 9.92. The number of Topliss-reactive ketones (excluding diaryl/α,β-unsaturated/α-hetero) is 1. The summed E-state index contributed by atoms with van der Waals surface area (Å²) in [5, 5.41) is 1.04. The molecule has 0 bridgehead atoms. The molecule has 1 aliphatic rings. The van der Waals surface area contributed by atoms with Gasteiger partial charge >= 0.3 is 0 Å². The molecular weight excluding hydrogens is 242 g/mol. The van der Waals surface area contributed by atoms with Gasteiger partial charge in [0.05, 0.1) is 5.69 Å². The van der Waals surface area contributed by atoms with E-state index < -0.39 is 11.8 Å². The lowest BCUT2D eigenvalue weighted by Gasteiger charge is -2.09. The number of carbonyl (C=O) groups excluding carboxylic acids is 2. The summed E-state index contributed by atoms with van der Waals surface area (Å²) in [5.74, 6) is 4.16. The largest absolute Gasteiger partial charge is 0.293 e. The average molecular weight is 253 g/mol. The van der Waals surface area contributed by atoms with E-state index in [2.05, 4.69) is 4.98 Å². The number of rotatable bonds is 2. The molecule has 5 nitrogen and oxygen atoms in total. The van der Waals surface area contributed by atoms with Crippen molar-refractivity contribution in [3.63, 3.8) is 0 Å². The Morgan fingerprint density at radius 1 is 1.21 bits per heavy atom. The second-order valence-electron chi connectivity index (χ2n) is 4.31. The second kappa shape index (κ2) is 4.29. The molecule has 0 radical (unpaired) electrons. The normalized spacial score (nSPS) is 17.4. The summed E-state index contributed by atoms with van der Waals surface area (Å²) in [7, 11) is 0. The topological polar surface area (TPSA) is 76.3 Å². The number of carbonyl (C=O) groups is 2. The zero-order chi connectivity index (χ0) is 13.4. The van der Waals surface area contributed by atoms with E-state index in [4.69, 9.17) is 5.84 Å². The summed E-state index contributed by atoms with van der Waals surface area (Å²) in [5.41, 5.74) is 1.63. The van der Waals surface area contributed by atoms with Gasteiger partial charge in [-0.1, -0.05) is 18.2 Å². The molecule has 5 heteroatoms. The number of ketones is 1. The minimum absolute atomic E-state index is 0.279. The Morgan fingerprint density at radius 2 is 2.00 bits per heavy atom. The van der Waals surface area contributed by atoms with Crippen LogP contribution in [0.25, 0.3) is 0 Å². The highest BCUT2D eigenvalue weighted by molar-refractivity contribution is 6.22. The van der Waals surface area contributed by atoms with Gasteiger partial charge in [-0.05, 0) is 23.8 Å². The van der Waals surface area contributed by atoms with Crippen LogP contribution in [0.1, 0.15) is 21.8 Å². The van der Waals surface area contributed by atoms with E-state index in [1.54, 1.807) is 42.6 Å². The van der Waals surface area contributed by atoms with E-state index in [0.29, 0.717) is 16.8 Å². The number of hydrogen-bond donors (Lipinski definition) is 1. The molecule has 0 aliphatic carbocycles. The van der Waals surface area contributed by atoms with Crippen molar-refractivity contribution in [1.82, 2.24) is 4.98 Å². The Hall–Kier alpha value is -2.53. The number of fused-ring (bicyclic) bond motifs is 1. The SMILES string of the molecule is NN1C(=O)C(C(=O)c2cccnc2)c2ccccc21. The molecule has 2 aromatic rings. The lowest BCUT2D eigenvalue weighted by Crippen LogP contribution is -2.37. The van der Waals surface area contributed by atoms with Crippen LogP contribution in [0.5, 0.6) is 0 Å². The van der Waals surface area contributed by atoms with Crippen LogP contribution >= 0.6 is 0 Å². The zero-order valence-corrected chi connectivity index (χ0v) is 9.98. The van der Waals surface area contributed by atoms with Gasteiger partial charge in [-0.3, -0.25) is 14.6 Å². The van der Waals surface area contributed by atoms with Gasteiger partial charge in [0.25, 0.3) is 5.91 Å². The van der Waals surface area contributed by atoms with Crippen LogP contribution in [-0.4, -0.2) is 16.7 Å². The van der Waals surface area contributed by atoms with Gasteiger partial charge in [-0.2, -0.15) is 0 Å². The predicted octanol–water partition coefficient (Wildman–Crippen LogP) is 1.27. The molecule has 1 aromatic carbocycles. The number of nitrogens with zero attached hydrogens (tertiary/aromatic N) is 2. The van der Waals surface area contributed by atoms with Crippen LogP contribution in [0.15, 0.2) is 48.8 Å². The van der Waals surface area contributed by atoms with Gasteiger partial charge in [-0.25, -0.2) is 10.9 Å². The van der Waals surface area contributed by atoms with E-state index in [9.17, 15) is 9.59 Å². The molecule has 94 valence electrons. The minimum Gasteiger partial charge on any atom is -0.293 e. The zero-order valence-electron chi connectivity index (χ0n) is 9.98. The maximum Gasteiger partial charge on any atom is 0.256 e. The van der Waals surface area contributed by atoms with Gasteiger partial charge in [0.15, 0.2) is 5.78 Å². The number of hydrazine groups is 1. The molecular formula is C14H11N3O2. The molecule has 19 heavy (non-hydrogen) atoms. The number of aromatic nitrogens is 1. The van der Waals surface area contributed by atoms with Gasteiger partial charge in [0.1, 0.15) is 5.92 Å². The highest BCUT2D eigenvalue weighted by Gasteiger charge is 2.40. The minimum atomic E-state index is -0.870. The fraction of sp³-hybridized carbons (Fsp3) is 0.0714. The third-order valence-electron chi connectivity index (χ3n) is 3.20. The van der Waals surface area contributed by atoms with Crippen LogP contribution in [0.4, 0.5) is 5.69 Å². The van der Waals surface area contributed by atoms with E-state index >= 15 is 0 Å². The van der Waals surface area contributed by atoms with E-state index in [1.807, 2.05) is 0 Å². The number of nitrogens with two attached hydrogens (primary N) is 1. The van der Waals surface area contributed by atoms with Crippen molar-refractivity contribution in [3.05, 3.63) is 59.9 Å². The monoisotopic (exact) mass is 253 g/mol. The number of amides is 1. The molecule has 0 spiro atoms. The number of benzene rings is 1. The quantitative estimate of drug-likeness (QED) is 0.378. The van der Waals surface area contributed by atoms with Gasteiger partial charge < -0.3 is 0 Å². The van der Waals surface area contributed by atoms with E-state index in [0.717, 1.165) is 5.01 Å². The van der Waals surface area contributed by atoms with Crippen molar-refractivity contribution >= 4 is 17.4 Å². The Bertz CT molecular complexity index is 655. The molecule has 0 fully saturated rings. The van der Waals surface area contributed by atoms with Crippen LogP contribution < -0.4 is 10.9 Å². The van der Waals surface area contributed by atoms with Crippen LogP contribution in [0, 0.1) is 0 Å². The molecule has 1 atom stereocenters. The maximum atomic E-state index is 12.4. The first kappa shape index (κ1) is 11.6. The molecule has 0 saturated carbocycles. The summed E-state index contributed by atoms with van der Waals surface area (Å²) < 4.78 is 0. The van der Waals surface area contributed by atoms with Crippen molar-refractivity contribution in [2.45, 2.75) is 5.92 Å². The highest BCUT2D eigenvalue weighted by atomic mass is 16.2. The molecule has 3 rings (SSSR count). The van der Waals surface area contributed by atoms with E-state index in [1.165, 1.54) is 6.20 Å². The number of pyridine rings is 1. The van der Waals surface area contributed by atoms with Gasteiger partial charge in [-0.15, -0.1) is 0 Å². The third kappa shape index (κ3) is 1.71. The Kier molecular flexibility index (Phi) is 2.61. The second-order valence-corrected chi connectivity index (χ2v) is 4.31. The summed E-state index contributed by atoms with van der Waals surface area (Å²) in [4.78, 5) is 28.5. The first-order valence-electron chi connectivity index (χ1n) is 5.82. The predicted molar refractivity (Wildman–Crippen MR) is 69.4 cm³/mol. The third-order valence-corrected chi connectivity index (χ3v) is 3.20. The van der Waals surface area contributed by atoms with E-state index in [-0.39, 0.29) is 5.78 Å². The first-order chi connectivity index (χ1) is 9.20. The summed E-state index contributed by atoms with van der Waals surface area (Å²) in [6.07, 6.45) is 3.04. The fourth-order valence-corrected chi connectivity index (χ4v) is 2.27. The molecule has 1 aromatic heterocycles. The van der Waals surface area contributed by atoms with Gasteiger partial charge in [0.2, 0.25) is 0 Å². The number of para-hydroxylation sites is 1. The van der Waals surface area contributed by atoms with Gasteiger partial charge in [0, 0.05) is 18.0 Å². The first-order valence-corrected chi connectivity index (χ1v) is 5.82. The molecule has 0 saturated heterocycles. The number of anilines is 1. The fourth-order valence-electron chi connectivity index (χ4n) is 2.27. The number of hydrogen-bond acceptors (Lipinski definition) is 4. The van der Waals surface area contributed by atoms with Crippen molar-refractivity contribution in [2.75, 3.05) is 5.01 Å². The molecule has 1 aliphatic heterocycles. The molecule has 2 heterocycles. The van der Waals surface area contributed by atoms with Crippen LogP contribution in [-0.2, 0) is 4.79 Å². The Labute approximate surface area is 109 Å². The van der Waals surface area contributed by atoms with Crippen molar-refractivity contribution in [2.24, 2.45) is 5.84 Å². The highest BCUT2D eigenvalue weighted by Crippen LogP contribution is 2.36. The van der Waals surface area contributed by atoms with Crippen molar-refractivity contribution < 1.29 is 9.59 Å². The standard InChI is InChI=1S/C14H11N3O2/c15-17-11-6-2-1-5-10(11)12(14(17)19)13(18)9-4-3-7-16-8-9/h1-8,12H,15H2. The smallest absolute Gasteiger partial charge is 0.256 e. The van der Waals surface area contributed by atoms with Crippen LogP contribution in [0.2, 0.25) is 0 Å².